The number of oxime groups is 1. The predicted molar refractivity (Wildman–Crippen MR) is 116 cm³/mol. The van der Waals surface area contributed by atoms with E-state index < -0.39 is 47.0 Å². The second-order valence-electron chi connectivity index (χ2n) is 7.70. The van der Waals surface area contributed by atoms with E-state index in [2.05, 4.69) is 9.99 Å². The van der Waals surface area contributed by atoms with Crippen molar-refractivity contribution in [3.8, 4) is 5.69 Å². The zero-order valence-electron chi connectivity index (χ0n) is 18.0. The van der Waals surface area contributed by atoms with Crippen LogP contribution in [-0.4, -0.2) is 31.9 Å². The molecule has 0 amide bonds. The molecule has 35 heavy (non-hydrogen) atoms. The molecule has 0 aliphatic carbocycles. The summed E-state index contributed by atoms with van der Waals surface area (Å²) in [6, 6.07) is 9.28. The van der Waals surface area contributed by atoms with Crippen molar-refractivity contribution in [3.63, 3.8) is 0 Å². The molecule has 2 aromatic carbocycles. The number of carbonyl (C=O) groups excluding carboxylic acids is 1. The highest BCUT2D eigenvalue weighted by atomic mass is 19.4. The molecule has 12 heteroatoms. The van der Waals surface area contributed by atoms with Gasteiger partial charge in [-0.3, -0.25) is 13.9 Å². The van der Waals surface area contributed by atoms with Crippen LogP contribution >= 0.6 is 0 Å². The molecule has 9 nitrogen and oxygen atoms in total. The van der Waals surface area contributed by atoms with E-state index in [1.54, 1.807) is 0 Å². The summed E-state index contributed by atoms with van der Waals surface area (Å²) in [6.07, 6.45) is -3.82. The van der Waals surface area contributed by atoms with E-state index in [0.717, 1.165) is 22.9 Å². The summed E-state index contributed by atoms with van der Waals surface area (Å²) in [6.45, 7) is 0.643. The van der Waals surface area contributed by atoms with Gasteiger partial charge in [0.05, 0.1) is 29.9 Å². The maximum atomic E-state index is 13.3. The van der Waals surface area contributed by atoms with E-state index >= 15 is 0 Å². The molecule has 0 unspecified atom stereocenters. The van der Waals surface area contributed by atoms with Gasteiger partial charge in [-0.2, -0.15) is 13.2 Å². The van der Waals surface area contributed by atoms with Gasteiger partial charge < -0.3 is 9.94 Å². The third-order valence-corrected chi connectivity index (χ3v) is 5.53. The van der Waals surface area contributed by atoms with E-state index in [0.29, 0.717) is 15.8 Å². The van der Waals surface area contributed by atoms with E-state index in [9.17, 15) is 37.5 Å². The van der Waals surface area contributed by atoms with Crippen LogP contribution in [0.2, 0.25) is 0 Å². The fourth-order valence-electron chi connectivity index (χ4n) is 3.68. The number of hydrogen-bond acceptors (Lipinski definition) is 6. The molecular weight excluding hydrogens is 471 g/mol. The first-order valence-corrected chi connectivity index (χ1v) is 10.1. The third-order valence-electron chi connectivity index (χ3n) is 5.53. The van der Waals surface area contributed by atoms with Gasteiger partial charge in [0.1, 0.15) is 5.56 Å². The Morgan fingerprint density at radius 1 is 1.11 bits per heavy atom. The molecule has 1 aliphatic rings. The van der Waals surface area contributed by atoms with Gasteiger partial charge in [0.25, 0.3) is 5.56 Å². The number of carbonyl (C=O) groups is 2. The molecule has 3 aromatic rings. The molecule has 180 valence electrons. The standard InChI is InChI=1S/C23H16F3N3O6/c1-12-14(3-2-4-17(12)23(24,25)26)10-29-20(31)16(21(32)33)11-28(22(29)34)15-7-5-13(6-8-15)18-9-19(30)35-27-18/h2-8,11H,9-10H2,1H3,(H,32,33). The second-order valence-corrected chi connectivity index (χ2v) is 7.70. The summed E-state index contributed by atoms with van der Waals surface area (Å²) in [5.41, 5.74) is -2.83. The minimum atomic E-state index is -4.64. The number of benzene rings is 2. The number of halogens is 3. The molecule has 1 aliphatic heterocycles. The van der Waals surface area contributed by atoms with Crippen LogP contribution in [0.3, 0.4) is 0 Å². The SMILES string of the molecule is Cc1c(Cn2c(=O)c(C(=O)O)cn(-c3ccc(C4=NOC(=O)C4)cc3)c2=O)cccc1C(F)(F)F. The Hall–Kier alpha value is -4.48. The Morgan fingerprint density at radius 2 is 1.80 bits per heavy atom. The number of alkyl halides is 3. The zero-order chi connectivity index (χ0) is 25.5. The van der Waals surface area contributed by atoms with E-state index in [4.69, 9.17) is 0 Å². The average molecular weight is 487 g/mol. The van der Waals surface area contributed by atoms with Crippen molar-refractivity contribution in [2.45, 2.75) is 26.1 Å². The van der Waals surface area contributed by atoms with Gasteiger partial charge in [-0.15, -0.1) is 0 Å². The molecule has 0 spiro atoms. The molecule has 0 saturated carbocycles. The fraction of sp³-hybridized carbons (Fsp3) is 0.174. The fourth-order valence-corrected chi connectivity index (χ4v) is 3.68. The molecular formula is C23H16F3N3O6. The maximum absolute atomic E-state index is 13.3. The van der Waals surface area contributed by atoms with Crippen LogP contribution in [0.15, 0.2) is 63.4 Å². The smallest absolute Gasteiger partial charge is 0.416 e. The van der Waals surface area contributed by atoms with E-state index in [-0.39, 0.29) is 23.2 Å². The van der Waals surface area contributed by atoms with Crippen molar-refractivity contribution in [1.82, 2.24) is 9.13 Å². The lowest BCUT2D eigenvalue weighted by molar-refractivity contribution is -0.140. The summed E-state index contributed by atoms with van der Waals surface area (Å²) in [5, 5.41) is 13.1. The van der Waals surface area contributed by atoms with Crippen LogP contribution < -0.4 is 11.2 Å². The van der Waals surface area contributed by atoms with E-state index in [1.807, 2.05) is 0 Å². The Morgan fingerprint density at radius 3 is 2.37 bits per heavy atom. The largest absolute Gasteiger partial charge is 0.477 e. The van der Waals surface area contributed by atoms with Gasteiger partial charge in [-0.1, -0.05) is 29.4 Å². The third kappa shape index (κ3) is 4.50. The topological polar surface area (TPSA) is 120 Å². The van der Waals surface area contributed by atoms with Crippen LogP contribution in [0.4, 0.5) is 13.2 Å². The van der Waals surface area contributed by atoms with Gasteiger partial charge in [-0.05, 0) is 36.2 Å². The zero-order valence-corrected chi connectivity index (χ0v) is 18.0. The first-order valence-electron chi connectivity index (χ1n) is 10.1. The number of aromatic carboxylic acids is 1. The summed E-state index contributed by atoms with van der Waals surface area (Å²) < 4.78 is 41.4. The van der Waals surface area contributed by atoms with Gasteiger partial charge in [0.15, 0.2) is 0 Å². The van der Waals surface area contributed by atoms with Crippen LogP contribution in [0.25, 0.3) is 5.69 Å². The molecule has 4 rings (SSSR count). The van der Waals surface area contributed by atoms with Gasteiger partial charge in [-0.25, -0.2) is 14.4 Å². The normalized spacial score (nSPS) is 13.5. The van der Waals surface area contributed by atoms with Crippen molar-refractivity contribution in [2.75, 3.05) is 0 Å². The molecule has 1 N–H and O–H groups in total. The molecule has 1 aromatic heterocycles. The van der Waals surface area contributed by atoms with Crippen molar-refractivity contribution in [2.24, 2.45) is 5.16 Å². The number of nitrogens with zero attached hydrogens (tertiary/aromatic N) is 3. The second kappa shape index (κ2) is 8.70. The monoisotopic (exact) mass is 487 g/mol. The molecule has 0 saturated heterocycles. The number of hydrogen-bond donors (Lipinski definition) is 1. The lowest BCUT2D eigenvalue weighted by Crippen LogP contribution is -2.42. The number of rotatable bonds is 5. The first kappa shape index (κ1) is 23.7. The van der Waals surface area contributed by atoms with Gasteiger partial charge in [0, 0.05) is 11.8 Å². The molecule has 0 atom stereocenters. The van der Waals surface area contributed by atoms with Crippen molar-refractivity contribution in [3.05, 3.63) is 97.3 Å². The Kier molecular flexibility index (Phi) is 5.89. The van der Waals surface area contributed by atoms with Crippen molar-refractivity contribution in [1.29, 1.82) is 0 Å². The summed E-state index contributed by atoms with van der Waals surface area (Å²) >= 11 is 0. The number of aromatic nitrogens is 2. The highest BCUT2D eigenvalue weighted by molar-refractivity contribution is 6.11. The lowest BCUT2D eigenvalue weighted by Gasteiger charge is -2.16. The van der Waals surface area contributed by atoms with Crippen LogP contribution in [0, 0.1) is 6.92 Å². The van der Waals surface area contributed by atoms with Gasteiger partial charge in [0.2, 0.25) is 0 Å². The van der Waals surface area contributed by atoms with Gasteiger partial charge >= 0.3 is 23.8 Å². The first-order chi connectivity index (χ1) is 16.5. The average Bonchev–Trinajstić information content (AvgIpc) is 3.23. The predicted octanol–water partition coefficient (Wildman–Crippen LogP) is 2.72. The minimum absolute atomic E-state index is 0.0346. The summed E-state index contributed by atoms with van der Waals surface area (Å²) in [7, 11) is 0. The molecule has 2 heterocycles. The Balaban J connectivity index is 1.81. The van der Waals surface area contributed by atoms with E-state index in [1.165, 1.54) is 37.3 Å². The lowest BCUT2D eigenvalue weighted by atomic mass is 10.0. The van der Waals surface area contributed by atoms with Crippen molar-refractivity contribution < 1.29 is 32.7 Å². The minimum Gasteiger partial charge on any atom is -0.477 e. The Bertz CT molecular complexity index is 1500. The quantitative estimate of drug-likeness (QED) is 0.553. The maximum Gasteiger partial charge on any atom is 0.416 e. The molecule has 0 radical (unpaired) electrons. The van der Waals surface area contributed by atoms with Crippen molar-refractivity contribution >= 4 is 17.7 Å². The summed E-state index contributed by atoms with van der Waals surface area (Å²) in [5.74, 6) is -2.13. The molecule has 0 fully saturated rings. The highest BCUT2D eigenvalue weighted by Gasteiger charge is 2.33. The van der Waals surface area contributed by atoms with Crippen LogP contribution in [0.5, 0.6) is 0 Å². The van der Waals surface area contributed by atoms with Crippen LogP contribution in [-0.2, 0) is 22.4 Å². The molecule has 0 bridgehead atoms. The number of carboxylic acids is 1. The Labute approximate surface area is 194 Å². The van der Waals surface area contributed by atoms with Crippen LogP contribution in [0.1, 0.15) is 39.0 Å². The number of carboxylic acid groups (broad SMARTS) is 1. The highest BCUT2D eigenvalue weighted by Crippen LogP contribution is 2.33. The summed E-state index contributed by atoms with van der Waals surface area (Å²) in [4.78, 5) is 53.4.